The summed E-state index contributed by atoms with van der Waals surface area (Å²) >= 11 is 0. The molecule has 0 fully saturated rings. The minimum atomic E-state index is 0.702. The number of nitrogens with one attached hydrogen (secondary N) is 1. The second-order valence-corrected chi connectivity index (χ2v) is 4.78. The number of hydrogen-bond acceptors (Lipinski definition) is 4. The molecule has 0 saturated carbocycles. The zero-order valence-electron chi connectivity index (χ0n) is 11.7. The number of anilines is 1. The summed E-state index contributed by atoms with van der Waals surface area (Å²) in [5.41, 5.74) is 2.11. The van der Waals surface area contributed by atoms with Gasteiger partial charge in [-0.05, 0) is 31.3 Å². The van der Waals surface area contributed by atoms with Gasteiger partial charge in [0, 0.05) is 19.8 Å². The number of nitrogens with zero attached hydrogens (tertiary/aromatic N) is 3. The zero-order chi connectivity index (χ0) is 13.9. The van der Waals surface area contributed by atoms with Crippen LogP contribution in [0.4, 0.5) is 5.82 Å². The molecule has 0 unspecified atom stereocenters. The summed E-state index contributed by atoms with van der Waals surface area (Å²) in [7, 11) is 3.97. The summed E-state index contributed by atoms with van der Waals surface area (Å²) in [4.78, 5) is 6.83. The van der Waals surface area contributed by atoms with Gasteiger partial charge in [0.15, 0.2) is 5.82 Å². The normalized spacial score (nSPS) is 11.1. The largest absolute Gasteiger partial charge is 0.467 e. The second-order valence-electron chi connectivity index (χ2n) is 4.78. The van der Waals surface area contributed by atoms with E-state index in [1.54, 1.807) is 6.26 Å². The monoisotopic (exact) mass is 270 g/mol. The molecule has 0 aliphatic heterocycles. The number of aromatic nitrogens is 2. The highest BCUT2D eigenvalue weighted by molar-refractivity contribution is 5.55. The third-order valence-electron chi connectivity index (χ3n) is 3.29. The summed E-state index contributed by atoms with van der Waals surface area (Å²) in [5.74, 6) is 1.90. The Bertz CT molecular complexity index is 687. The molecule has 0 atom stereocenters. The summed E-state index contributed by atoms with van der Waals surface area (Å²) in [6, 6.07) is 9.92. The lowest BCUT2D eigenvalue weighted by molar-refractivity contribution is 0.506. The van der Waals surface area contributed by atoms with Crippen LogP contribution in [0, 0.1) is 0 Å². The van der Waals surface area contributed by atoms with Gasteiger partial charge in [0.2, 0.25) is 0 Å². The maximum Gasteiger partial charge on any atom is 0.152 e. The molecular weight excluding hydrogens is 252 g/mol. The van der Waals surface area contributed by atoms with Crippen LogP contribution in [0.1, 0.15) is 11.5 Å². The number of hydrogen-bond donors (Lipinski definition) is 1. The lowest BCUT2D eigenvalue weighted by atomic mass is 10.3. The smallest absolute Gasteiger partial charge is 0.152 e. The zero-order valence-corrected chi connectivity index (χ0v) is 11.7. The first-order valence-electron chi connectivity index (χ1n) is 6.63. The van der Waals surface area contributed by atoms with Gasteiger partial charge >= 0.3 is 0 Å². The van der Waals surface area contributed by atoms with Crippen molar-refractivity contribution in [1.82, 2.24) is 14.7 Å². The molecule has 3 heterocycles. The first kappa shape index (κ1) is 12.7. The van der Waals surface area contributed by atoms with Crippen molar-refractivity contribution in [3.8, 4) is 0 Å². The lowest BCUT2D eigenvalue weighted by Gasteiger charge is -2.17. The van der Waals surface area contributed by atoms with Crippen LogP contribution in [0.15, 0.2) is 47.2 Å². The van der Waals surface area contributed by atoms with E-state index in [0.29, 0.717) is 6.54 Å². The van der Waals surface area contributed by atoms with Crippen molar-refractivity contribution in [3.63, 3.8) is 0 Å². The van der Waals surface area contributed by atoms with E-state index in [4.69, 9.17) is 9.40 Å². The van der Waals surface area contributed by atoms with Gasteiger partial charge in [0.05, 0.1) is 18.5 Å². The fourth-order valence-electron chi connectivity index (χ4n) is 2.38. The van der Waals surface area contributed by atoms with Crippen molar-refractivity contribution < 1.29 is 4.42 Å². The van der Waals surface area contributed by atoms with Crippen LogP contribution in [-0.4, -0.2) is 23.5 Å². The number of rotatable bonds is 5. The molecule has 20 heavy (non-hydrogen) atoms. The molecule has 0 aromatic carbocycles. The minimum absolute atomic E-state index is 0.702. The number of imidazole rings is 1. The van der Waals surface area contributed by atoms with E-state index in [1.165, 1.54) is 0 Å². The topological polar surface area (TPSA) is 45.7 Å². The molecule has 5 heteroatoms. The molecule has 0 aliphatic carbocycles. The van der Waals surface area contributed by atoms with Crippen molar-refractivity contribution in [2.24, 2.45) is 0 Å². The molecule has 0 bridgehead atoms. The van der Waals surface area contributed by atoms with Crippen molar-refractivity contribution in [2.75, 3.05) is 19.0 Å². The predicted octanol–water partition coefficient (Wildman–Crippen LogP) is 2.28. The molecule has 3 aromatic heterocycles. The Kier molecular flexibility index (Phi) is 3.43. The molecule has 0 amide bonds. The van der Waals surface area contributed by atoms with Crippen molar-refractivity contribution >= 4 is 11.5 Å². The molecule has 104 valence electrons. The predicted molar refractivity (Wildman–Crippen MR) is 78.8 cm³/mol. The molecule has 5 nitrogen and oxygen atoms in total. The van der Waals surface area contributed by atoms with E-state index in [2.05, 4.69) is 14.6 Å². The third kappa shape index (κ3) is 2.28. The van der Waals surface area contributed by atoms with Gasteiger partial charge in [-0.1, -0.05) is 6.07 Å². The SMILES string of the molecule is CNCc1c(N(C)Cc2ccco2)nc2ccccn12. The van der Waals surface area contributed by atoms with Crippen LogP contribution in [0.5, 0.6) is 0 Å². The fourth-order valence-corrected chi connectivity index (χ4v) is 2.38. The molecule has 1 N–H and O–H groups in total. The second kappa shape index (κ2) is 5.38. The first-order chi connectivity index (χ1) is 9.79. The van der Waals surface area contributed by atoms with Crippen molar-refractivity contribution in [1.29, 1.82) is 0 Å². The standard InChI is InChI=1S/C15H18N4O/c1-16-10-13-15(17-14-7-3-4-8-19(13)14)18(2)11-12-6-5-9-20-12/h3-9,16H,10-11H2,1-2H3. The maximum atomic E-state index is 5.41. The van der Waals surface area contributed by atoms with E-state index in [-0.39, 0.29) is 0 Å². The highest BCUT2D eigenvalue weighted by Crippen LogP contribution is 2.22. The number of fused-ring (bicyclic) bond motifs is 1. The van der Waals surface area contributed by atoms with Crippen LogP contribution in [0.25, 0.3) is 5.65 Å². The first-order valence-corrected chi connectivity index (χ1v) is 6.63. The van der Waals surface area contributed by atoms with Crippen LogP contribution >= 0.6 is 0 Å². The Hall–Kier alpha value is -2.27. The Morgan fingerprint density at radius 2 is 2.20 bits per heavy atom. The Labute approximate surface area is 117 Å². The molecule has 0 saturated heterocycles. The highest BCUT2D eigenvalue weighted by Gasteiger charge is 2.15. The van der Waals surface area contributed by atoms with Crippen molar-refractivity contribution in [3.05, 3.63) is 54.2 Å². The van der Waals surface area contributed by atoms with Gasteiger partial charge in [-0.3, -0.25) is 0 Å². The molecular formula is C15H18N4O. The van der Waals surface area contributed by atoms with E-state index in [0.717, 1.165) is 29.5 Å². The van der Waals surface area contributed by atoms with Crippen LogP contribution in [0.2, 0.25) is 0 Å². The summed E-state index contributed by atoms with van der Waals surface area (Å²) in [5, 5.41) is 3.21. The van der Waals surface area contributed by atoms with Crippen LogP contribution < -0.4 is 10.2 Å². The molecule has 3 rings (SSSR count). The van der Waals surface area contributed by atoms with Crippen molar-refractivity contribution in [2.45, 2.75) is 13.1 Å². The summed E-state index contributed by atoms with van der Waals surface area (Å²) in [6.07, 6.45) is 3.74. The minimum Gasteiger partial charge on any atom is -0.467 e. The van der Waals surface area contributed by atoms with Gasteiger partial charge < -0.3 is 19.0 Å². The third-order valence-corrected chi connectivity index (χ3v) is 3.29. The Balaban J connectivity index is 1.98. The average molecular weight is 270 g/mol. The van der Waals surface area contributed by atoms with E-state index >= 15 is 0 Å². The molecule has 3 aromatic rings. The van der Waals surface area contributed by atoms with Gasteiger partial charge in [-0.2, -0.15) is 0 Å². The maximum absolute atomic E-state index is 5.41. The molecule has 0 spiro atoms. The van der Waals surface area contributed by atoms with Crippen LogP contribution in [-0.2, 0) is 13.1 Å². The number of pyridine rings is 1. The molecule has 0 aliphatic rings. The molecule has 0 radical (unpaired) electrons. The average Bonchev–Trinajstić information content (AvgIpc) is 3.07. The van der Waals surface area contributed by atoms with Gasteiger partial charge in [-0.25, -0.2) is 4.98 Å². The van der Waals surface area contributed by atoms with Gasteiger partial charge in [0.1, 0.15) is 11.4 Å². The fraction of sp³-hybridized carbons (Fsp3) is 0.267. The van der Waals surface area contributed by atoms with Gasteiger partial charge in [-0.15, -0.1) is 0 Å². The van der Waals surface area contributed by atoms with Crippen LogP contribution in [0.3, 0.4) is 0 Å². The van der Waals surface area contributed by atoms with E-state index in [1.807, 2.05) is 50.6 Å². The van der Waals surface area contributed by atoms with E-state index in [9.17, 15) is 0 Å². The lowest BCUT2D eigenvalue weighted by Crippen LogP contribution is -2.20. The Morgan fingerprint density at radius 3 is 2.95 bits per heavy atom. The highest BCUT2D eigenvalue weighted by atomic mass is 16.3. The van der Waals surface area contributed by atoms with E-state index < -0.39 is 0 Å². The summed E-state index contributed by atoms with van der Waals surface area (Å²) in [6.45, 7) is 1.47. The quantitative estimate of drug-likeness (QED) is 0.772. The number of furan rings is 1. The Morgan fingerprint density at radius 1 is 1.30 bits per heavy atom. The summed E-state index contributed by atoms with van der Waals surface area (Å²) < 4.78 is 7.52. The van der Waals surface area contributed by atoms with Gasteiger partial charge in [0.25, 0.3) is 0 Å².